The van der Waals surface area contributed by atoms with E-state index >= 15 is 0 Å². The number of hydrogen-bond donors (Lipinski definition) is 1. The Morgan fingerprint density at radius 1 is 1.50 bits per heavy atom. The lowest BCUT2D eigenvalue weighted by molar-refractivity contribution is 0.660. The van der Waals surface area contributed by atoms with Crippen molar-refractivity contribution in [3.8, 4) is 11.1 Å². The first-order valence-corrected chi connectivity index (χ1v) is 6.93. The van der Waals surface area contributed by atoms with Gasteiger partial charge in [-0.2, -0.15) is 4.37 Å². The average molecular weight is 260 g/mol. The minimum atomic E-state index is 0.613. The third-order valence-corrected chi connectivity index (χ3v) is 4.29. The Labute approximate surface area is 111 Å². The van der Waals surface area contributed by atoms with Crippen LogP contribution in [0.1, 0.15) is 13.3 Å². The van der Waals surface area contributed by atoms with Crippen LogP contribution in [0.15, 0.2) is 24.5 Å². The highest BCUT2D eigenvalue weighted by atomic mass is 32.1. The van der Waals surface area contributed by atoms with Crippen molar-refractivity contribution in [2.24, 2.45) is 5.92 Å². The first-order valence-electron chi connectivity index (χ1n) is 6.16. The number of rotatable bonds is 2. The standard InChI is InChI=1S/C13H16N4S/c1-9-4-6-17(8-9)13-11(12(14)16-18-13)10-3-2-5-15-7-10/h2-3,5,7,9H,4,6,8H2,1H3,(H2,14,16). The van der Waals surface area contributed by atoms with Gasteiger partial charge >= 0.3 is 0 Å². The second kappa shape index (κ2) is 4.57. The number of nitrogen functional groups attached to an aromatic ring is 1. The van der Waals surface area contributed by atoms with Gasteiger partial charge in [-0.3, -0.25) is 4.98 Å². The monoisotopic (exact) mass is 260 g/mol. The summed E-state index contributed by atoms with van der Waals surface area (Å²) in [5, 5.41) is 1.19. The van der Waals surface area contributed by atoms with E-state index in [0.29, 0.717) is 5.82 Å². The number of aromatic nitrogens is 2. The molecular weight excluding hydrogens is 244 g/mol. The summed E-state index contributed by atoms with van der Waals surface area (Å²) in [6.45, 7) is 4.47. The maximum absolute atomic E-state index is 6.02. The molecule has 0 spiro atoms. The third-order valence-electron chi connectivity index (χ3n) is 3.36. The zero-order chi connectivity index (χ0) is 12.5. The predicted octanol–water partition coefficient (Wildman–Crippen LogP) is 2.63. The van der Waals surface area contributed by atoms with Crippen LogP contribution in [0.4, 0.5) is 10.8 Å². The summed E-state index contributed by atoms with van der Waals surface area (Å²) in [5.74, 6) is 1.36. The van der Waals surface area contributed by atoms with Crippen molar-refractivity contribution in [3.63, 3.8) is 0 Å². The maximum Gasteiger partial charge on any atom is 0.147 e. The fourth-order valence-electron chi connectivity index (χ4n) is 2.41. The van der Waals surface area contributed by atoms with Gasteiger partial charge in [0.1, 0.15) is 10.8 Å². The lowest BCUT2D eigenvalue weighted by Gasteiger charge is -2.17. The Kier molecular flexibility index (Phi) is 2.91. The molecule has 2 aromatic rings. The van der Waals surface area contributed by atoms with E-state index in [-0.39, 0.29) is 0 Å². The van der Waals surface area contributed by atoms with Crippen molar-refractivity contribution in [1.82, 2.24) is 9.36 Å². The van der Waals surface area contributed by atoms with Crippen LogP contribution in [0.5, 0.6) is 0 Å². The molecule has 1 atom stereocenters. The average Bonchev–Trinajstić information content (AvgIpc) is 2.96. The molecular formula is C13H16N4S. The van der Waals surface area contributed by atoms with Crippen molar-refractivity contribution in [3.05, 3.63) is 24.5 Å². The molecule has 18 heavy (non-hydrogen) atoms. The normalized spacial score (nSPS) is 19.4. The first-order chi connectivity index (χ1) is 8.75. The quantitative estimate of drug-likeness (QED) is 0.902. The van der Waals surface area contributed by atoms with Gasteiger partial charge < -0.3 is 10.6 Å². The molecule has 1 aliphatic heterocycles. The molecule has 2 aromatic heterocycles. The number of nitrogens with two attached hydrogens (primary N) is 1. The zero-order valence-electron chi connectivity index (χ0n) is 10.3. The van der Waals surface area contributed by atoms with Crippen molar-refractivity contribution in [2.45, 2.75) is 13.3 Å². The van der Waals surface area contributed by atoms with E-state index in [2.05, 4.69) is 21.2 Å². The van der Waals surface area contributed by atoms with Crippen LogP contribution >= 0.6 is 11.5 Å². The van der Waals surface area contributed by atoms with E-state index in [1.807, 2.05) is 18.3 Å². The summed E-state index contributed by atoms with van der Waals surface area (Å²) >= 11 is 1.49. The Bertz CT molecular complexity index is 537. The van der Waals surface area contributed by atoms with Gasteiger partial charge in [-0.1, -0.05) is 13.0 Å². The second-order valence-corrected chi connectivity index (χ2v) is 5.58. The molecule has 1 fully saturated rings. The van der Waals surface area contributed by atoms with Gasteiger partial charge in [0, 0.05) is 31.0 Å². The number of anilines is 2. The zero-order valence-corrected chi connectivity index (χ0v) is 11.2. The molecule has 1 unspecified atom stereocenters. The van der Waals surface area contributed by atoms with E-state index in [4.69, 9.17) is 5.73 Å². The molecule has 0 aliphatic carbocycles. The van der Waals surface area contributed by atoms with Gasteiger partial charge in [-0.25, -0.2) is 0 Å². The Morgan fingerprint density at radius 2 is 2.39 bits per heavy atom. The van der Waals surface area contributed by atoms with Crippen LogP contribution in [0, 0.1) is 5.92 Å². The van der Waals surface area contributed by atoms with Gasteiger partial charge in [0.05, 0.1) is 5.56 Å². The van der Waals surface area contributed by atoms with Crippen LogP contribution in [-0.2, 0) is 0 Å². The van der Waals surface area contributed by atoms with E-state index in [0.717, 1.165) is 30.1 Å². The summed E-state index contributed by atoms with van der Waals surface area (Å²) in [7, 11) is 0. The van der Waals surface area contributed by atoms with Gasteiger partial charge in [-0.05, 0) is 29.9 Å². The van der Waals surface area contributed by atoms with Crippen LogP contribution in [-0.4, -0.2) is 22.4 Å². The van der Waals surface area contributed by atoms with Gasteiger partial charge in [0.2, 0.25) is 0 Å². The molecule has 0 radical (unpaired) electrons. The van der Waals surface area contributed by atoms with E-state index < -0.39 is 0 Å². The lowest BCUT2D eigenvalue weighted by Crippen LogP contribution is -2.18. The highest BCUT2D eigenvalue weighted by Gasteiger charge is 2.25. The molecule has 0 amide bonds. The molecule has 2 N–H and O–H groups in total. The molecule has 94 valence electrons. The molecule has 3 rings (SSSR count). The minimum absolute atomic E-state index is 0.613. The molecule has 0 bridgehead atoms. The van der Waals surface area contributed by atoms with Crippen LogP contribution in [0.3, 0.4) is 0 Å². The van der Waals surface area contributed by atoms with E-state index in [9.17, 15) is 0 Å². The fraction of sp³-hybridized carbons (Fsp3) is 0.385. The first kappa shape index (κ1) is 11.5. The second-order valence-electron chi connectivity index (χ2n) is 4.83. The van der Waals surface area contributed by atoms with Gasteiger partial charge in [-0.15, -0.1) is 0 Å². The summed E-state index contributed by atoms with van der Waals surface area (Å²) in [4.78, 5) is 6.56. The van der Waals surface area contributed by atoms with Crippen molar-refractivity contribution < 1.29 is 0 Å². The van der Waals surface area contributed by atoms with Crippen molar-refractivity contribution >= 4 is 22.4 Å². The number of pyridine rings is 1. The van der Waals surface area contributed by atoms with Crippen molar-refractivity contribution in [1.29, 1.82) is 0 Å². The topological polar surface area (TPSA) is 55.0 Å². The van der Waals surface area contributed by atoms with Crippen LogP contribution in [0.2, 0.25) is 0 Å². The third kappa shape index (κ3) is 1.95. The van der Waals surface area contributed by atoms with E-state index in [1.165, 1.54) is 23.0 Å². The summed E-state index contributed by atoms with van der Waals surface area (Å²) in [6.07, 6.45) is 4.87. The van der Waals surface area contributed by atoms with Gasteiger partial charge in [0.15, 0.2) is 0 Å². The molecule has 1 aliphatic rings. The SMILES string of the molecule is CC1CCN(c2snc(N)c2-c2cccnc2)C1. The van der Waals surface area contributed by atoms with Gasteiger partial charge in [0.25, 0.3) is 0 Å². The largest absolute Gasteiger partial charge is 0.382 e. The number of nitrogens with zero attached hydrogens (tertiary/aromatic N) is 3. The molecule has 3 heterocycles. The molecule has 0 saturated carbocycles. The molecule has 1 saturated heterocycles. The van der Waals surface area contributed by atoms with Crippen LogP contribution in [0.25, 0.3) is 11.1 Å². The van der Waals surface area contributed by atoms with Crippen LogP contribution < -0.4 is 10.6 Å². The number of hydrogen-bond acceptors (Lipinski definition) is 5. The summed E-state index contributed by atoms with van der Waals surface area (Å²) in [5.41, 5.74) is 8.12. The molecule has 0 aromatic carbocycles. The smallest absolute Gasteiger partial charge is 0.147 e. The highest BCUT2D eigenvalue weighted by molar-refractivity contribution is 7.11. The molecule has 5 heteroatoms. The summed E-state index contributed by atoms with van der Waals surface area (Å²) in [6, 6.07) is 3.97. The Balaban J connectivity index is 2.02. The highest BCUT2D eigenvalue weighted by Crippen LogP contribution is 2.40. The summed E-state index contributed by atoms with van der Waals surface area (Å²) < 4.78 is 4.31. The van der Waals surface area contributed by atoms with Crippen molar-refractivity contribution in [2.75, 3.05) is 23.7 Å². The predicted molar refractivity (Wildman–Crippen MR) is 75.8 cm³/mol. The minimum Gasteiger partial charge on any atom is -0.382 e. The fourth-order valence-corrected chi connectivity index (χ4v) is 3.28. The Morgan fingerprint density at radius 3 is 3.06 bits per heavy atom. The molecule has 4 nitrogen and oxygen atoms in total. The Hall–Kier alpha value is -1.62. The lowest BCUT2D eigenvalue weighted by atomic mass is 10.1. The maximum atomic E-state index is 6.02. The van der Waals surface area contributed by atoms with E-state index in [1.54, 1.807) is 6.20 Å².